The smallest absolute Gasteiger partial charge is 0.339 e. The number of nitrogens with two attached hydrogens (primary N) is 1. The molecular weight excluding hydrogens is 233 g/mol. The van der Waals surface area contributed by atoms with Crippen LogP contribution in [0.4, 0.5) is 4.39 Å². The molecule has 1 aromatic rings. The predicted octanol–water partition coefficient (Wildman–Crippen LogP) is 0.691. The zero-order valence-electron chi connectivity index (χ0n) is 7.98. The first kappa shape index (κ1) is 12.1. The summed E-state index contributed by atoms with van der Waals surface area (Å²) in [6.07, 6.45) is 1.13. The molecule has 0 spiro atoms. The first-order chi connectivity index (χ1) is 7.52. The van der Waals surface area contributed by atoms with E-state index < -0.39 is 17.3 Å². The first-order valence-corrected chi connectivity index (χ1v) is 4.53. The SMILES string of the molecule is NC(=S)NN=Cc1cccc(F)c1C(=O)O. The van der Waals surface area contributed by atoms with E-state index in [1.165, 1.54) is 12.1 Å². The largest absolute Gasteiger partial charge is 0.478 e. The number of thiocarbonyl (C=S) groups is 1. The van der Waals surface area contributed by atoms with Crippen molar-refractivity contribution in [1.29, 1.82) is 0 Å². The molecule has 0 saturated carbocycles. The molecule has 16 heavy (non-hydrogen) atoms. The Morgan fingerprint density at radius 2 is 2.31 bits per heavy atom. The number of nitrogens with zero attached hydrogens (tertiary/aromatic N) is 1. The van der Waals surface area contributed by atoms with Crippen LogP contribution in [0.25, 0.3) is 0 Å². The van der Waals surface area contributed by atoms with Crippen LogP contribution in [0, 0.1) is 5.82 Å². The van der Waals surface area contributed by atoms with Gasteiger partial charge in [0.1, 0.15) is 11.4 Å². The summed E-state index contributed by atoms with van der Waals surface area (Å²) in [7, 11) is 0. The molecule has 0 amide bonds. The van der Waals surface area contributed by atoms with Gasteiger partial charge in [0.25, 0.3) is 0 Å². The minimum atomic E-state index is -1.37. The second-order valence-electron chi connectivity index (χ2n) is 2.74. The van der Waals surface area contributed by atoms with E-state index in [2.05, 4.69) is 22.7 Å². The molecule has 5 nitrogen and oxygen atoms in total. The molecule has 0 aliphatic heterocycles. The Hall–Kier alpha value is -2.02. The van der Waals surface area contributed by atoms with Crippen molar-refractivity contribution in [3.8, 4) is 0 Å². The second kappa shape index (κ2) is 5.17. The third-order valence-electron chi connectivity index (χ3n) is 1.64. The lowest BCUT2D eigenvalue weighted by molar-refractivity contribution is 0.0692. The van der Waals surface area contributed by atoms with Crippen molar-refractivity contribution in [1.82, 2.24) is 5.43 Å². The molecule has 7 heteroatoms. The zero-order chi connectivity index (χ0) is 12.1. The van der Waals surface area contributed by atoms with Gasteiger partial charge < -0.3 is 10.8 Å². The van der Waals surface area contributed by atoms with Crippen molar-refractivity contribution in [2.24, 2.45) is 10.8 Å². The summed E-state index contributed by atoms with van der Waals surface area (Å²) in [5, 5.41) is 12.3. The average Bonchev–Trinajstić information content (AvgIpc) is 2.16. The maximum absolute atomic E-state index is 13.2. The highest BCUT2D eigenvalue weighted by atomic mass is 32.1. The molecule has 0 saturated heterocycles. The molecule has 1 aromatic carbocycles. The molecule has 0 aliphatic carbocycles. The minimum absolute atomic E-state index is 0.0653. The molecule has 4 N–H and O–H groups in total. The Morgan fingerprint density at radius 3 is 2.88 bits per heavy atom. The van der Waals surface area contributed by atoms with Crippen LogP contribution in [0.3, 0.4) is 0 Å². The second-order valence-corrected chi connectivity index (χ2v) is 3.18. The lowest BCUT2D eigenvalue weighted by Crippen LogP contribution is -2.24. The molecule has 0 unspecified atom stereocenters. The monoisotopic (exact) mass is 241 g/mol. The molecule has 1 rings (SSSR count). The Kier molecular flexibility index (Phi) is 3.90. The lowest BCUT2D eigenvalue weighted by atomic mass is 10.1. The number of carboxylic acids is 1. The highest BCUT2D eigenvalue weighted by molar-refractivity contribution is 7.80. The van der Waals surface area contributed by atoms with Gasteiger partial charge in [-0.15, -0.1) is 0 Å². The Balaban J connectivity index is 3.04. The van der Waals surface area contributed by atoms with E-state index in [1.54, 1.807) is 0 Å². The highest BCUT2D eigenvalue weighted by Gasteiger charge is 2.13. The lowest BCUT2D eigenvalue weighted by Gasteiger charge is -2.01. The van der Waals surface area contributed by atoms with Crippen LogP contribution in [0.1, 0.15) is 15.9 Å². The van der Waals surface area contributed by atoms with Gasteiger partial charge in [-0.3, -0.25) is 5.43 Å². The predicted molar refractivity (Wildman–Crippen MR) is 60.9 cm³/mol. The third kappa shape index (κ3) is 2.99. The number of halogens is 1. The maximum atomic E-state index is 13.2. The first-order valence-electron chi connectivity index (χ1n) is 4.12. The topological polar surface area (TPSA) is 87.7 Å². The summed E-state index contributed by atoms with van der Waals surface area (Å²) >= 11 is 4.48. The van der Waals surface area contributed by atoms with Crippen molar-refractivity contribution in [3.05, 3.63) is 35.1 Å². The van der Waals surface area contributed by atoms with E-state index in [9.17, 15) is 9.18 Å². The van der Waals surface area contributed by atoms with Crippen molar-refractivity contribution in [2.45, 2.75) is 0 Å². The van der Waals surface area contributed by atoms with Crippen molar-refractivity contribution >= 4 is 29.5 Å². The fourth-order valence-corrected chi connectivity index (χ4v) is 1.09. The summed E-state index contributed by atoms with van der Waals surface area (Å²) in [6.45, 7) is 0. The average molecular weight is 241 g/mol. The van der Waals surface area contributed by atoms with Crippen molar-refractivity contribution in [2.75, 3.05) is 0 Å². The fraction of sp³-hybridized carbons (Fsp3) is 0. The summed E-state index contributed by atoms with van der Waals surface area (Å²) in [5.41, 5.74) is 7.02. The van der Waals surface area contributed by atoms with Crippen molar-refractivity contribution in [3.63, 3.8) is 0 Å². The van der Waals surface area contributed by atoms with Crippen LogP contribution in [-0.4, -0.2) is 22.4 Å². The van der Waals surface area contributed by atoms with Crippen LogP contribution in [0.2, 0.25) is 0 Å². The number of benzene rings is 1. The number of hydrogen-bond donors (Lipinski definition) is 3. The van der Waals surface area contributed by atoms with Gasteiger partial charge in [0.05, 0.1) is 6.21 Å². The summed E-state index contributed by atoms with van der Waals surface area (Å²) < 4.78 is 13.2. The summed E-state index contributed by atoms with van der Waals surface area (Å²) in [4.78, 5) is 10.8. The molecule has 0 heterocycles. The van der Waals surface area contributed by atoms with E-state index in [-0.39, 0.29) is 10.7 Å². The number of nitrogens with one attached hydrogen (secondary N) is 1. The van der Waals surface area contributed by atoms with E-state index >= 15 is 0 Å². The van der Waals surface area contributed by atoms with Gasteiger partial charge in [-0.25, -0.2) is 9.18 Å². The molecule has 84 valence electrons. The number of carbonyl (C=O) groups is 1. The molecule has 0 atom stereocenters. The van der Waals surface area contributed by atoms with Gasteiger partial charge in [0.15, 0.2) is 5.11 Å². The fourth-order valence-electron chi connectivity index (χ4n) is 1.04. The molecule has 0 radical (unpaired) electrons. The molecule has 0 fully saturated rings. The number of aromatic carboxylic acids is 1. The number of rotatable bonds is 3. The van der Waals surface area contributed by atoms with Crippen LogP contribution >= 0.6 is 12.2 Å². The third-order valence-corrected chi connectivity index (χ3v) is 1.73. The standard InChI is InChI=1S/C9H8FN3O2S/c10-6-3-1-2-5(7(6)8(14)15)4-12-13-9(11)16/h1-4H,(H,14,15)(H3,11,13,16). The van der Waals surface area contributed by atoms with Crippen LogP contribution in [0.15, 0.2) is 23.3 Å². The number of hydrogen-bond acceptors (Lipinski definition) is 3. The Morgan fingerprint density at radius 1 is 1.62 bits per heavy atom. The van der Waals surface area contributed by atoms with Crippen LogP contribution < -0.4 is 11.2 Å². The molecule has 0 aliphatic rings. The van der Waals surface area contributed by atoms with E-state index in [0.29, 0.717) is 0 Å². The van der Waals surface area contributed by atoms with Crippen molar-refractivity contribution < 1.29 is 14.3 Å². The van der Waals surface area contributed by atoms with Gasteiger partial charge in [0.2, 0.25) is 0 Å². The minimum Gasteiger partial charge on any atom is -0.478 e. The van der Waals surface area contributed by atoms with Gasteiger partial charge >= 0.3 is 5.97 Å². The van der Waals surface area contributed by atoms with E-state index in [4.69, 9.17) is 10.8 Å². The van der Waals surface area contributed by atoms with Gasteiger partial charge in [0, 0.05) is 5.56 Å². The Bertz CT molecular complexity index is 462. The van der Waals surface area contributed by atoms with E-state index in [1.807, 2.05) is 0 Å². The van der Waals surface area contributed by atoms with E-state index in [0.717, 1.165) is 12.3 Å². The number of hydrazone groups is 1. The van der Waals surface area contributed by atoms with Gasteiger partial charge in [-0.05, 0) is 18.3 Å². The Labute approximate surface area is 95.8 Å². The molecule has 0 bridgehead atoms. The summed E-state index contributed by atoms with van der Waals surface area (Å²) in [6, 6.07) is 3.85. The normalized spacial score (nSPS) is 10.3. The highest BCUT2D eigenvalue weighted by Crippen LogP contribution is 2.11. The van der Waals surface area contributed by atoms with Gasteiger partial charge in [-0.1, -0.05) is 12.1 Å². The molecule has 0 aromatic heterocycles. The summed E-state index contributed by atoms with van der Waals surface area (Å²) in [5.74, 6) is -2.19. The number of carboxylic acid groups (broad SMARTS) is 1. The van der Waals surface area contributed by atoms with Gasteiger partial charge in [-0.2, -0.15) is 5.10 Å². The van der Waals surface area contributed by atoms with Crippen LogP contribution in [-0.2, 0) is 0 Å². The quantitative estimate of drug-likeness (QED) is 0.411. The van der Waals surface area contributed by atoms with Crippen LogP contribution in [0.5, 0.6) is 0 Å². The zero-order valence-corrected chi connectivity index (χ0v) is 8.79. The molecular formula is C9H8FN3O2S. The maximum Gasteiger partial charge on any atom is 0.339 e.